The minimum Gasteiger partial charge on any atom is -0.507 e. The molecule has 4 heteroatoms. The lowest BCUT2D eigenvalue weighted by Gasteiger charge is -1.98. The topological polar surface area (TPSA) is 70.3 Å². The van der Waals surface area contributed by atoms with Gasteiger partial charge >= 0.3 is 5.97 Å². The first-order valence-corrected chi connectivity index (χ1v) is 4.16. The zero-order valence-electron chi connectivity index (χ0n) is 8.10. The third kappa shape index (κ3) is 2.85. The summed E-state index contributed by atoms with van der Waals surface area (Å²) in [7, 11) is 1.26. The van der Waals surface area contributed by atoms with Crippen LogP contribution in [0.2, 0.25) is 0 Å². The van der Waals surface area contributed by atoms with Gasteiger partial charge in [-0.05, 0) is 24.3 Å². The fourth-order valence-electron chi connectivity index (χ4n) is 0.983. The zero-order chi connectivity index (χ0) is 11.3. The van der Waals surface area contributed by atoms with Crippen molar-refractivity contribution in [1.82, 2.24) is 0 Å². The molecule has 1 aromatic rings. The molecule has 76 valence electrons. The molecule has 0 aliphatic carbocycles. The quantitative estimate of drug-likeness (QED) is 0.583. The first-order valence-electron chi connectivity index (χ1n) is 4.16. The largest absolute Gasteiger partial charge is 0.507 e. The van der Waals surface area contributed by atoms with Crippen LogP contribution >= 0.6 is 0 Å². The fraction of sp³-hybridized carbons (Fsp3) is 0.0909. The third-order valence-corrected chi connectivity index (χ3v) is 1.76. The number of carbonyl (C=O) groups excluding carboxylic acids is 1. The summed E-state index contributed by atoms with van der Waals surface area (Å²) in [5.41, 5.74) is 0.816. The second-order valence-corrected chi connectivity index (χ2v) is 2.74. The number of nitrogens with zero attached hydrogens (tertiary/aromatic N) is 1. The van der Waals surface area contributed by atoms with Gasteiger partial charge in [0.15, 0.2) is 0 Å². The third-order valence-electron chi connectivity index (χ3n) is 1.76. The van der Waals surface area contributed by atoms with Crippen LogP contribution in [-0.2, 0) is 9.53 Å². The summed E-state index contributed by atoms with van der Waals surface area (Å²) >= 11 is 0. The summed E-state index contributed by atoms with van der Waals surface area (Å²) in [6, 6.07) is 6.31. The molecule has 0 amide bonds. The minimum absolute atomic E-state index is 0.00848. The van der Waals surface area contributed by atoms with Crippen molar-refractivity contribution >= 4 is 12.0 Å². The fourth-order valence-corrected chi connectivity index (χ4v) is 0.983. The monoisotopic (exact) mass is 203 g/mol. The average molecular weight is 203 g/mol. The highest BCUT2D eigenvalue weighted by Gasteiger charge is 2.00. The van der Waals surface area contributed by atoms with Gasteiger partial charge in [-0.15, -0.1) is 0 Å². The standard InChI is InChI=1S/C11H9NO3/c1-15-11(14)5-3-9-6-8(7-12)2-4-10(9)13/h2-6,13H,1H3. The number of ether oxygens (including phenoxy) is 1. The Hall–Kier alpha value is -2.28. The van der Waals surface area contributed by atoms with E-state index < -0.39 is 5.97 Å². The van der Waals surface area contributed by atoms with Crippen molar-refractivity contribution in [3.8, 4) is 11.8 Å². The molecule has 1 rings (SSSR count). The van der Waals surface area contributed by atoms with Gasteiger partial charge in [-0.3, -0.25) is 0 Å². The van der Waals surface area contributed by atoms with Crippen molar-refractivity contribution < 1.29 is 14.6 Å². The van der Waals surface area contributed by atoms with Crippen LogP contribution in [0.25, 0.3) is 6.08 Å². The molecule has 1 aromatic carbocycles. The van der Waals surface area contributed by atoms with Gasteiger partial charge in [0.05, 0.1) is 18.7 Å². The Bertz CT molecular complexity index is 444. The summed E-state index contributed by atoms with van der Waals surface area (Å²) in [6.07, 6.45) is 2.57. The molecule has 0 aliphatic heterocycles. The van der Waals surface area contributed by atoms with Crippen molar-refractivity contribution in [2.75, 3.05) is 7.11 Å². The first kappa shape index (κ1) is 10.8. The van der Waals surface area contributed by atoms with E-state index in [4.69, 9.17) is 5.26 Å². The number of aromatic hydroxyl groups is 1. The lowest BCUT2D eigenvalue weighted by Crippen LogP contribution is -1.93. The van der Waals surface area contributed by atoms with Crippen LogP contribution in [0.15, 0.2) is 24.3 Å². The van der Waals surface area contributed by atoms with Gasteiger partial charge in [0.2, 0.25) is 0 Å². The number of phenolic OH excluding ortho intramolecular Hbond substituents is 1. The highest BCUT2D eigenvalue weighted by molar-refractivity contribution is 5.87. The van der Waals surface area contributed by atoms with E-state index in [2.05, 4.69) is 4.74 Å². The SMILES string of the molecule is COC(=O)C=Cc1cc(C#N)ccc1O. The molecule has 0 fully saturated rings. The van der Waals surface area contributed by atoms with E-state index in [0.29, 0.717) is 11.1 Å². The second kappa shape index (κ2) is 4.82. The highest BCUT2D eigenvalue weighted by atomic mass is 16.5. The van der Waals surface area contributed by atoms with E-state index in [9.17, 15) is 9.90 Å². The van der Waals surface area contributed by atoms with Crippen LogP contribution in [0, 0.1) is 11.3 Å². The Balaban J connectivity index is 2.99. The number of nitriles is 1. The number of phenols is 1. The van der Waals surface area contributed by atoms with Crippen LogP contribution in [0.4, 0.5) is 0 Å². The van der Waals surface area contributed by atoms with Crippen LogP contribution < -0.4 is 0 Å². The summed E-state index contributed by atoms with van der Waals surface area (Å²) in [6.45, 7) is 0. The first-order chi connectivity index (χ1) is 7.17. The molecular formula is C11H9NO3. The van der Waals surface area contributed by atoms with Gasteiger partial charge in [-0.25, -0.2) is 4.79 Å². The molecule has 0 spiro atoms. The maximum absolute atomic E-state index is 10.8. The summed E-state index contributed by atoms with van der Waals surface area (Å²) in [4.78, 5) is 10.8. The van der Waals surface area contributed by atoms with Crippen LogP contribution in [-0.4, -0.2) is 18.2 Å². The molecule has 0 aliphatic rings. The van der Waals surface area contributed by atoms with Crippen molar-refractivity contribution in [3.05, 3.63) is 35.4 Å². The molecule has 0 unspecified atom stereocenters. The summed E-state index contributed by atoms with van der Waals surface area (Å²) in [5.74, 6) is -0.508. The molecule has 1 N–H and O–H groups in total. The Morgan fingerprint density at radius 2 is 2.33 bits per heavy atom. The number of rotatable bonds is 2. The number of hydrogen-bond donors (Lipinski definition) is 1. The molecule has 15 heavy (non-hydrogen) atoms. The minimum atomic E-state index is -0.517. The van der Waals surface area contributed by atoms with E-state index in [0.717, 1.165) is 0 Å². The van der Waals surface area contributed by atoms with E-state index in [1.165, 1.54) is 37.5 Å². The van der Waals surface area contributed by atoms with E-state index in [1.807, 2.05) is 6.07 Å². The molecular weight excluding hydrogens is 194 g/mol. The van der Waals surface area contributed by atoms with Gasteiger partial charge < -0.3 is 9.84 Å². The molecule has 0 saturated heterocycles. The van der Waals surface area contributed by atoms with Crippen LogP contribution in [0.1, 0.15) is 11.1 Å². The number of benzene rings is 1. The van der Waals surface area contributed by atoms with Gasteiger partial charge in [-0.2, -0.15) is 5.26 Å². The van der Waals surface area contributed by atoms with Crippen molar-refractivity contribution in [2.45, 2.75) is 0 Å². The maximum atomic E-state index is 10.8. The Labute approximate surface area is 87.0 Å². The molecule has 0 atom stereocenters. The van der Waals surface area contributed by atoms with E-state index in [-0.39, 0.29) is 5.75 Å². The van der Waals surface area contributed by atoms with Gasteiger partial charge in [0.1, 0.15) is 5.75 Å². The van der Waals surface area contributed by atoms with Gasteiger partial charge in [0, 0.05) is 11.6 Å². The summed E-state index contributed by atoms with van der Waals surface area (Å²) < 4.78 is 4.40. The second-order valence-electron chi connectivity index (χ2n) is 2.74. The van der Waals surface area contributed by atoms with Crippen LogP contribution in [0.5, 0.6) is 5.75 Å². The maximum Gasteiger partial charge on any atom is 0.330 e. The van der Waals surface area contributed by atoms with Crippen molar-refractivity contribution in [2.24, 2.45) is 0 Å². The van der Waals surface area contributed by atoms with Crippen LogP contribution in [0.3, 0.4) is 0 Å². The predicted octanol–water partition coefficient (Wildman–Crippen LogP) is 1.45. The lowest BCUT2D eigenvalue weighted by molar-refractivity contribution is -0.134. The summed E-state index contributed by atoms with van der Waals surface area (Å²) in [5, 5.41) is 18.0. The van der Waals surface area contributed by atoms with E-state index in [1.54, 1.807) is 0 Å². The predicted molar refractivity (Wildman–Crippen MR) is 53.9 cm³/mol. The lowest BCUT2D eigenvalue weighted by atomic mass is 10.1. The smallest absolute Gasteiger partial charge is 0.330 e. The molecule has 0 bridgehead atoms. The van der Waals surface area contributed by atoms with Gasteiger partial charge in [0.25, 0.3) is 0 Å². The number of methoxy groups -OCH3 is 1. The van der Waals surface area contributed by atoms with Crippen molar-refractivity contribution in [3.63, 3.8) is 0 Å². The zero-order valence-corrected chi connectivity index (χ0v) is 8.10. The molecule has 0 heterocycles. The normalized spacial score (nSPS) is 9.87. The molecule has 4 nitrogen and oxygen atoms in total. The van der Waals surface area contributed by atoms with E-state index >= 15 is 0 Å². The van der Waals surface area contributed by atoms with Gasteiger partial charge in [-0.1, -0.05) is 0 Å². The Morgan fingerprint density at radius 1 is 1.60 bits per heavy atom. The number of carbonyl (C=O) groups is 1. The molecule has 0 aromatic heterocycles. The Morgan fingerprint density at radius 3 is 2.93 bits per heavy atom. The number of hydrogen-bond acceptors (Lipinski definition) is 4. The Kier molecular flexibility index (Phi) is 3.47. The number of esters is 1. The van der Waals surface area contributed by atoms with Crippen molar-refractivity contribution in [1.29, 1.82) is 5.26 Å². The molecule has 0 saturated carbocycles. The highest BCUT2D eigenvalue weighted by Crippen LogP contribution is 2.19. The molecule has 0 radical (unpaired) electrons. The average Bonchev–Trinajstić information content (AvgIpc) is 2.27.